The van der Waals surface area contributed by atoms with Crippen molar-refractivity contribution in [2.75, 3.05) is 25.6 Å². The van der Waals surface area contributed by atoms with Crippen molar-refractivity contribution in [3.63, 3.8) is 0 Å². The number of ether oxygens (including phenoxy) is 2. The van der Waals surface area contributed by atoms with E-state index in [1.54, 1.807) is 7.11 Å². The van der Waals surface area contributed by atoms with E-state index in [4.69, 9.17) is 9.47 Å². The second-order valence-corrected chi connectivity index (χ2v) is 5.12. The molecule has 23 heavy (non-hydrogen) atoms. The third kappa shape index (κ3) is 5.02. The van der Waals surface area contributed by atoms with Crippen molar-refractivity contribution in [3.8, 4) is 16.9 Å². The van der Waals surface area contributed by atoms with Crippen LogP contribution in [0.5, 0.6) is 5.75 Å². The first-order valence-corrected chi connectivity index (χ1v) is 7.87. The molecular weight excluding hydrogens is 290 g/mol. The van der Waals surface area contributed by atoms with Crippen LogP contribution in [0.2, 0.25) is 0 Å². The molecule has 4 heteroatoms. The molecule has 0 radical (unpaired) electrons. The largest absolute Gasteiger partial charge is 0.496 e. The number of benzene rings is 2. The Balaban J connectivity index is 2.00. The lowest BCUT2D eigenvalue weighted by Crippen LogP contribution is -2.08. The second-order valence-electron chi connectivity index (χ2n) is 5.12. The average molecular weight is 313 g/mol. The topological polar surface area (TPSA) is 47.6 Å². The van der Waals surface area contributed by atoms with Crippen LogP contribution in [0.3, 0.4) is 0 Å². The van der Waals surface area contributed by atoms with Gasteiger partial charge in [-0.2, -0.15) is 0 Å². The maximum Gasteiger partial charge on any atom is 0.305 e. The molecule has 0 aliphatic carbocycles. The molecule has 1 N–H and O–H groups in total. The van der Waals surface area contributed by atoms with Gasteiger partial charge in [0.25, 0.3) is 0 Å². The zero-order valence-corrected chi connectivity index (χ0v) is 13.7. The van der Waals surface area contributed by atoms with Crippen LogP contribution in [0.4, 0.5) is 5.69 Å². The van der Waals surface area contributed by atoms with E-state index in [9.17, 15) is 4.79 Å². The van der Waals surface area contributed by atoms with Crippen LogP contribution in [0.25, 0.3) is 11.1 Å². The molecule has 0 heterocycles. The van der Waals surface area contributed by atoms with Crippen molar-refractivity contribution in [1.82, 2.24) is 0 Å². The van der Waals surface area contributed by atoms with Gasteiger partial charge in [0.2, 0.25) is 0 Å². The Morgan fingerprint density at radius 3 is 2.61 bits per heavy atom. The van der Waals surface area contributed by atoms with E-state index < -0.39 is 0 Å². The predicted octanol–water partition coefficient (Wildman–Crippen LogP) is 4.12. The van der Waals surface area contributed by atoms with Gasteiger partial charge in [-0.25, -0.2) is 0 Å². The van der Waals surface area contributed by atoms with E-state index >= 15 is 0 Å². The first kappa shape index (κ1) is 16.9. The first-order chi connectivity index (χ1) is 11.2. The van der Waals surface area contributed by atoms with Gasteiger partial charge < -0.3 is 14.8 Å². The third-order valence-corrected chi connectivity index (χ3v) is 3.48. The summed E-state index contributed by atoms with van der Waals surface area (Å²) in [6.07, 6.45) is 1.17. The molecule has 0 aliphatic rings. The van der Waals surface area contributed by atoms with E-state index in [0.29, 0.717) is 13.0 Å². The van der Waals surface area contributed by atoms with Gasteiger partial charge in [0.15, 0.2) is 0 Å². The van der Waals surface area contributed by atoms with E-state index in [0.717, 1.165) is 35.5 Å². The van der Waals surface area contributed by atoms with E-state index in [-0.39, 0.29) is 5.97 Å². The molecule has 2 aromatic rings. The van der Waals surface area contributed by atoms with Gasteiger partial charge in [0.05, 0.1) is 13.7 Å². The van der Waals surface area contributed by atoms with E-state index in [1.807, 2.05) is 37.3 Å². The summed E-state index contributed by atoms with van der Waals surface area (Å²) in [5.41, 5.74) is 3.16. The van der Waals surface area contributed by atoms with Crippen molar-refractivity contribution in [1.29, 1.82) is 0 Å². The van der Waals surface area contributed by atoms with Crippen molar-refractivity contribution in [3.05, 3.63) is 48.5 Å². The SMILES string of the molecule is CCOC(=O)CCCNc1ccc(OC)c(-c2ccccc2)c1. The average Bonchev–Trinajstić information content (AvgIpc) is 2.59. The van der Waals surface area contributed by atoms with Crippen LogP contribution < -0.4 is 10.1 Å². The number of rotatable bonds is 8. The molecule has 0 saturated heterocycles. The number of hydrogen-bond donors (Lipinski definition) is 1. The van der Waals surface area contributed by atoms with Crippen LogP contribution in [0.1, 0.15) is 19.8 Å². The summed E-state index contributed by atoms with van der Waals surface area (Å²) in [6, 6.07) is 16.1. The number of anilines is 1. The van der Waals surface area contributed by atoms with E-state index in [1.165, 1.54) is 0 Å². The minimum Gasteiger partial charge on any atom is -0.496 e. The fourth-order valence-electron chi connectivity index (χ4n) is 2.36. The Hall–Kier alpha value is -2.49. The molecule has 0 bridgehead atoms. The Morgan fingerprint density at radius 1 is 1.13 bits per heavy atom. The smallest absolute Gasteiger partial charge is 0.305 e. The summed E-state index contributed by atoms with van der Waals surface area (Å²) in [5, 5.41) is 3.34. The van der Waals surface area contributed by atoms with Gasteiger partial charge in [-0.3, -0.25) is 4.79 Å². The molecule has 4 nitrogen and oxygen atoms in total. The molecule has 0 fully saturated rings. The predicted molar refractivity (Wildman–Crippen MR) is 92.8 cm³/mol. The maximum atomic E-state index is 11.3. The highest BCUT2D eigenvalue weighted by Gasteiger charge is 2.07. The van der Waals surface area contributed by atoms with Crippen LogP contribution in [0, 0.1) is 0 Å². The molecule has 0 spiro atoms. The molecule has 0 unspecified atom stereocenters. The Kier molecular flexibility index (Phi) is 6.48. The lowest BCUT2D eigenvalue weighted by atomic mass is 10.0. The summed E-state index contributed by atoms with van der Waals surface area (Å²) in [6.45, 7) is 2.98. The summed E-state index contributed by atoms with van der Waals surface area (Å²) >= 11 is 0. The van der Waals surface area contributed by atoms with Crippen LogP contribution in [0.15, 0.2) is 48.5 Å². The number of methoxy groups -OCH3 is 1. The zero-order chi connectivity index (χ0) is 16.5. The van der Waals surface area contributed by atoms with Crippen LogP contribution in [-0.4, -0.2) is 26.2 Å². The second kappa shape index (κ2) is 8.83. The van der Waals surface area contributed by atoms with Gasteiger partial charge in [0, 0.05) is 24.2 Å². The molecule has 0 aliphatic heterocycles. The van der Waals surface area contributed by atoms with Gasteiger partial charge in [-0.15, -0.1) is 0 Å². The number of hydrogen-bond acceptors (Lipinski definition) is 4. The molecule has 0 aromatic heterocycles. The fraction of sp³-hybridized carbons (Fsp3) is 0.316. The maximum absolute atomic E-state index is 11.3. The molecule has 0 saturated carbocycles. The van der Waals surface area contributed by atoms with Crippen LogP contribution in [-0.2, 0) is 9.53 Å². The molecule has 122 valence electrons. The van der Waals surface area contributed by atoms with Crippen molar-refractivity contribution in [2.24, 2.45) is 0 Å². The van der Waals surface area contributed by atoms with Gasteiger partial charge in [-0.05, 0) is 37.1 Å². The highest BCUT2D eigenvalue weighted by Crippen LogP contribution is 2.32. The molecule has 0 atom stereocenters. The Labute approximate surface area is 137 Å². The molecule has 0 amide bonds. The van der Waals surface area contributed by atoms with Gasteiger partial charge >= 0.3 is 5.97 Å². The number of nitrogens with one attached hydrogen (secondary N) is 1. The fourth-order valence-corrected chi connectivity index (χ4v) is 2.36. The minimum atomic E-state index is -0.144. The van der Waals surface area contributed by atoms with Crippen molar-refractivity contribution in [2.45, 2.75) is 19.8 Å². The van der Waals surface area contributed by atoms with Crippen LogP contribution >= 0.6 is 0 Å². The normalized spacial score (nSPS) is 10.2. The van der Waals surface area contributed by atoms with Crippen molar-refractivity contribution < 1.29 is 14.3 Å². The zero-order valence-electron chi connectivity index (χ0n) is 13.7. The highest BCUT2D eigenvalue weighted by molar-refractivity contribution is 5.74. The van der Waals surface area contributed by atoms with E-state index in [2.05, 4.69) is 23.5 Å². The molecule has 2 aromatic carbocycles. The molecule has 2 rings (SSSR count). The standard InChI is InChI=1S/C19H23NO3/c1-3-23-19(21)10-7-13-20-16-11-12-18(22-2)17(14-16)15-8-5-4-6-9-15/h4-6,8-9,11-12,14,20H,3,7,10,13H2,1-2H3. The monoisotopic (exact) mass is 313 g/mol. The lowest BCUT2D eigenvalue weighted by Gasteiger charge is -2.12. The summed E-state index contributed by atoms with van der Waals surface area (Å²) in [5.74, 6) is 0.697. The first-order valence-electron chi connectivity index (χ1n) is 7.87. The Bertz CT molecular complexity index is 626. The number of carbonyl (C=O) groups is 1. The molecular formula is C19H23NO3. The number of esters is 1. The lowest BCUT2D eigenvalue weighted by molar-refractivity contribution is -0.143. The highest BCUT2D eigenvalue weighted by atomic mass is 16.5. The summed E-state index contributed by atoms with van der Waals surface area (Å²) in [7, 11) is 1.67. The van der Waals surface area contributed by atoms with Crippen molar-refractivity contribution >= 4 is 11.7 Å². The summed E-state index contributed by atoms with van der Waals surface area (Å²) < 4.78 is 10.4. The van der Waals surface area contributed by atoms with Gasteiger partial charge in [-0.1, -0.05) is 30.3 Å². The van der Waals surface area contributed by atoms with Gasteiger partial charge in [0.1, 0.15) is 5.75 Å². The Morgan fingerprint density at radius 2 is 1.91 bits per heavy atom. The number of carbonyl (C=O) groups excluding carboxylic acids is 1. The third-order valence-electron chi connectivity index (χ3n) is 3.48. The quantitative estimate of drug-likeness (QED) is 0.588. The minimum absolute atomic E-state index is 0.144. The summed E-state index contributed by atoms with van der Waals surface area (Å²) in [4.78, 5) is 11.3.